The Bertz CT molecular complexity index is 1970. The van der Waals surface area contributed by atoms with Crippen LogP contribution in [0.1, 0.15) is 26.9 Å². The van der Waals surface area contributed by atoms with Gasteiger partial charge in [0.2, 0.25) is 0 Å². The van der Waals surface area contributed by atoms with Crippen molar-refractivity contribution in [3.63, 3.8) is 0 Å². The zero-order valence-corrected chi connectivity index (χ0v) is 19.7. The number of aliphatic hydroxyl groups is 2. The van der Waals surface area contributed by atoms with Gasteiger partial charge in [-0.3, -0.25) is 4.79 Å². The number of phenolic OH excluding ortho intramolecular Hbond substituents is 2. The Morgan fingerprint density at radius 1 is 0.923 bits per heavy atom. The number of benzene rings is 3. The van der Waals surface area contributed by atoms with Crippen LogP contribution in [-0.2, 0) is 19.0 Å². The van der Waals surface area contributed by atoms with Gasteiger partial charge >= 0.3 is 11.9 Å². The van der Waals surface area contributed by atoms with Crippen LogP contribution in [0.15, 0.2) is 36.4 Å². The maximum atomic E-state index is 13.1. The molecule has 3 aliphatic heterocycles. The molecule has 2 aromatic heterocycles. The SMILES string of the molecule is O=CC12OCC1OC(n1c3c(O)cccc3c3c4c(c5c6cccc(O)c6[nH]c5c31)C(=O)OC4=O)C(O)C2O. The van der Waals surface area contributed by atoms with E-state index in [4.69, 9.17) is 14.2 Å². The number of aromatic hydroxyl groups is 2. The first-order valence-corrected chi connectivity index (χ1v) is 12.1. The van der Waals surface area contributed by atoms with Gasteiger partial charge in [0.1, 0.15) is 29.8 Å². The van der Waals surface area contributed by atoms with Crippen LogP contribution in [0, 0.1) is 0 Å². The van der Waals surface area contributed by atoms with Crippen LogP contribution in [0.2, 0.25) is 0 Å². The van der Waals surface area contributed by atoms with E-state index in [1.807, 2.05) is 0 Å². The van der Waals surface area contributed by atoms with E-state index in [-0.39, 0.29) is 51.2 Å². The average molecular weight is 530 g/mol. The number of phenols is 2. The number of H-pyrrole nitrogens is 1. The number of esters is 2. The fourth-order valence-electron chi connectivity index (χ4n) is 6.41. The molecule has 5 heterocycles. The van der Waals surface area contributed by atoms with Gasteiger partial charge in [0, 0.05) is 21.5 Å². The number of aromatic amines is 1. The third-order valence-corrected chi connectivity index (χ3v) is 8.20. The third-order valence-electron chi connectivity index (χ3n) is 8.20. The number of carbonyl (C=O) groups excluding carboxylic acids is 3. The quantitative estimate of drug-likeness (QED) is 0.128. The van der Waals surface area contributed by atoms with Crippen molar-refractivity contribution in [2.24, 2.45) is 0 Å². The summed E-state index contributed by atoms with van der Waals surface area (Å²) in [6.07, 6.45) is -5.24. The van der Waals surface area contributed by atoms with Crippen molar-refractivity contribution in [3.05, 3.63) is 47.5 Å². The maximum Gasteiger partial charge on any atom is 0.347 e. The number of aliphatic hydroxyl groups excluding tert-OH is 2. The van der Waals surface area contributed by atoms with Crippen molar-refractivity contribution in [1.29, 1.82) is 0 Å². The number of fused-ring (bicyclic) bond motifs is 11. The minimum Gasteiger partial charge on any atom is -0.506 e. The highest BCUT2D eigenvalue weighted by atomic mass is 16.6. The molecule has 196 valence electrons. The second-order valence-corrected chi connectivity index (χ2v) is 10.0. The van der Waals surface area contributed by atoms with Crippen molar-refractivity contribution in [2.45, 2.75) is 30.1 Å². The van der Waals surface area contributed by atoms with Gasteiger partial charge < -0.3 is 44.2 Å². The maximum absolute atomic E-state index is 13.1. The molecular weight excluding hydrogens is 512 g/mol. The first-order valence-electron chi connectivity index (χ1n) is 12.1. The van der Waals surface area contributed by atoms with E-state index in [1.165, 1.54) is 16.7 Å². The van der Waals surface area contributed by atoms with Crippen LogP contribution >= 0.6 is 0 Å². The van der Waals surface area contributed by atoms with Gasteiger partial charge in [-0.25, -0.2) is 9.59 Å². The molecule has 2 fully saturated rings. The molecular formula is C27H18N2O10. The van der Waals surface area contributed by atoms with E-state index in [0.717, 1.165) is 0 Å². The lowest BCUT2D eigenvalue weighted by molar-refractivity contribution is -0.347. The number of carbonyl (C=O) groups is 3. The highest BCUT2D eigenvalue weighted by Crippen LogP contribution is 2.50. The normalized spacial score (nSPS) is 28.2. The lowest BCUT2D eigenvalue weighted by Crippen LogP contribution is -2.74. The molecule has 5 aromatic rings. The largest absolute Gasteiger partial charge is 0.506 e. The second-order valence-electron chi connectivity index (χ2n) is 10.0. The number of cyclic esters (lactones) is 2. The zero-order valence-electron chi connectivity index (χ0n) is 19.7. The number of aromatic nitrogens is 2. The van der Waals surface area contributed by atoms with Gasteiger partial charge in [-0.1, -0.05) is 24.3 Å². The summed E-state index contributed by atoms with van der Waals surface area (Å²) in [4.78, 5) is 41.1. The molecule has 0 saturated carbocycles. The minimum absolute atomic E-state index is 0.000691. The molecule has 12 nitrogen and oxygen atoms in total. The zero-order chi connectivity index (χ0) is 27.0. The molecule has 5 unspecified atom stereocenters. The van der Waals surface area contributed by atoms with Gasteiger partial charge in [-0.05, 0) is 12.1 Å². The predicted octanol–water partition coefficient (Wildman–Crippen LogP) is 1.74. The monoisotopic (exact) mass is 530 g/mol. The summed E-state index contributed by atoms with van der Waals surface area (Å²) in [6.45, 7) is -0.0198. The molecule has 3 aromatic carbocycles. The lowest BCUT2D eigenvalue weighted by Gasteiger charge is -2.54. The number of nitrogens with zero attached hydrogens (tertiary/aromatic N) is 1. The van der Waals surface area contributed by atoms with Gasteiger partial charge in [-0.2, -0.15) is 0 Å². The van der Waals surface area contributed by atoms with Crippen molar-refractivity contribution >= 4 is 61.8 Å². The smallest absolute Gasteiger partial charge is 0.347 e. The Hall–Kier alpha value is -4.49. The number of para-hydroxylation sites is 2. The fraction of sp³-hybridized carbons (Fsp3) is 0.222. The molecule has 0 radical (unpaired) electrons. The molecule has 0 spiro atoms. The van der Waals surface area contributed by atoms with Crippen molar-refractivity contribution in [2.75, 3.05) is 6.61 Å². The van der Waals surface area contributed by atoms with Crippen molar-refractivity contribution in [3.8, 4) is 11.5 Å². The van der Waals surface area contributed by atoms with Crippen molar-refractivity contribution in [1.82, 2.24) is 9.55 Å². The van der Waals surface area contributed by atoms with E-state index in [9.17, 15) is 34.8 Å². The Morgan fingerprint density at radius 2 is 1.62 bits per heavy atom. The molecule has 5 atom stereocenters. The van der Waals surface area contributed by atoms with E-state index in [1.54, 1.807) is 24.3 Å². The molecule has 0 amide bonds. The number of rotatable bonds is 2. The highest BCUT2D eigenvalue weighted by Gasteiger charge is 2.63. The first kappa shape index (κ1) is 22.5. The van der Waals surface area contributed by atoms with Gasteiger partial charge in [0.25, 0.3) is 0 Å². The molecule has 0 aliphatic carbocycles. The second kappa shape index (κ2) is 7.12. The summed E-state index contributed by atoms with van der Waals surface area (Å²) in [7, 11) is 0. The van der Waals surface area contributed by atoms with Gasteiger partial charge in [0.15, 0.2) is 18.1 Å². The first-order chi connectivity index (χ1) is 18.8. The number of hydrogen-bond donors (Lipinski definition) is 5. The highest BCUT2D eigenvalue weighted by molar-refractivity contribution is 6.37. The van der Waals surface area contributed by atoms with Gasteiger partial charge in [0.05, 0.1) is 39.8 Å². The van der Waals surface area contributed by atoms with E-state index in [2.05, 4.69) is 4.98 Å². The predicted molar refractivity (Wildman–Crippen MR) is 133 cm³/mol. The number of ether oxygens (including phenoxy) is 3. The standard InChI is InChI=1S/C27H18N2O10/c30-8-27-13(7-37-27)38-24(22(33)23(27)34)29-20-10(4-2-6-12(20)32)15-17-16(25(35)39-26(17)36)14-9-3-1-5-11(31)18(9)28-19(14)21(15)29/h1-6,8,13,22-24,28,31-34H,7H2. The Labute approximate surface area is 216 Å². The minimum atomic E-state index is -1.74. The van der Waals surface area contributed by atoms with Crippen LogP contribution in [-0.4, -0.2) is 78.7 Å². The third kappa shape index (κ3) is 2.45. The Kier molecular flexibility index (Phi) is 4.11. The summed E-state index contributed by atoms with van der Waals surface area (Å²) < 4.78 is 17.9. The molecule has 3 aliphatic rings. The topological polar surface area (TPSA) is 181 Å². The van der Waals surface area contributed by atoms with E-state index < -0.39 is 42.1 Å². The molecule has 39 heavy (non-hydrogen) atoms. The Balaban J connectivity index is 1.59. The van der Waals surface area contributed by atoms with Crippen LogP contribution in [0.4, 0.5) is 0 Å². The Morgan fingerprint density at radius 3 is 2.31 bits per heavy atom. The van der Waals surface area contributed by atoms with Crippen LogP contribution in [0.25, 0.3) is 43.6 Å². The summed E-state index contributed by atoms with van der Waals surface area (Å²) >= 11 is 0. The number of nitrogens with one attached hydrogen (secondary N) is 1. The van der Waals surface area contributed by atoms with Crippen LogP contribution < -0.4 is 0 Å². The average Bonchev–Trinajstić information content (AvgIpc) is 3.54. The number of aldehydes is 1. The molecule has 12 heteroatoms. The fourth-order valence-corrected chi connectivity index (χ4v) is 6.41. The number of hydrogen-bond acceptors (Lipinski definition) is 10. The van der Waals surface area contributed by atoms with E-state index >= 15 is 0 Å². The van der Waals surface area contributed by atoms with Crippen LogP contribution in [0.3, 0.4) is 0 Å². The molecule has 5 N–H and O–H groups in total. The summed E-state index contributed by atoms with van der Waals surface area (Å²) in [6, 6.07) is 9.31. The van der Waals surface area contributed by atoms with E-state index in [0.29, 0.717) is 28.0 Å². The van der Waals surface area contributed by atoms with Gasteiger partial charge in [-0.15, -0.1) is 0 Å². The summed E-state index contributed by atoms with van der Waals surface area (Å²) in [5, 5.41) is 45.2. The molecule has 0 bridgehead atoms. The molecule has 8 rings (SSSR count). The summed E-state index contributed by atoms with van der Waals surface area (Å²) in [5.74, 6) is -2.10. The summed E-state index contributed by atoms with van der Waals surface area (Å²) in [5.41, 5.74) is -0.806. The molecule has 2 saturated heterocycles. The lowest BCUT2D eigenvalue weighted by atomic mass is 9.81. The van der Waals surface area contributed by atoms with Crippen LogP contribution in [0.5, 0.6) is 11.5 Å². The van der Waals surface area contributed by atoms with Crippen molar-refractivity contribution < 1.29 is 49.0 Å².